The summed E-state index contributed by atoms with van der Waals surface area (Å²) in [6.07, 6.45) is 0. The largest absolute Gasteiger partial charge is 0.496 e. The fourth-order valence-electron chi connectivity index (χ4n) is 2.64. The highest BCUT2D eigenvalue weighted by molar-refractivity contribution is 7.89. The van der Waals surface area contributed by atoms with Crippen LogP contribution in [-0.2, 0) is 16.6 Å². The number of rotatable bonds is 8. The summed E-state index contributed by atoms with van der Waals surface area (Å²) in [5.41, 5.74) is 2.25. The number of ether oxygens (including phenoxy) is 3. The lowest BCUT2D eigenvalue weighted by atomic mass is 10.1. The fourth-order valence-corrected chi connectivity index (χ4v) is 3.95. The normalized spacial score (nSPS) is 11.3. The van der Waals surface area contributed by atoms with E-state index in [1.807, 2.05) is 13.8 Å². The van der Waals surface area contributed by atoms with E-state index in [9.17, 15) is 8.42 Å². The molecule has 7 heteroatoms. The van der Waals surface area contributed by atoms with E-state index in [0.717, 1.165) is 11.1 Å². The molecule has 0 radical (unpaired) electrons. The second-order valence-electron chi connectivity index (χ2n) is 5.76. The Morgan fingerprint density at radius 3 is 2.19 bits per heavy atom. The molecule has 0 aliphatic rings. The first-order valence-corrected chi connectivity index (χ1v) is 9.76. The highest BCUT2D eigenvalue weighted by Crippen LogP contribution is 2.29. The van der Waals surface area contributed by atoms with Crippen LogP contribution >= 0.6 is 0 Å². The van der Waals surface area contributed by atoms with Crippen LogP contribution in [0.2, 0.25) is 0 Å². The van der Waals surface area contributed by atoms with Crippen molar-refractivity contribution in [2.45, 2.75) is 32.2 Å². The van der Waals surface area contributed by atoms with Crippen molar-refractivity contribution in [3.05, 3.63) is 47.0 Å². The third kappa shape index (κ3) is 4.28. The zero-order chi connectivity index (χ0) is 19.3. The maximum Gasteiger partial charge on any atom is 0.241 e. The van der Waals surface area contributed by atoms with E-state index in [1.54, 1.807) is 51.5 Å². The van der Waals surface area contributed by atoms with Crippen molar-refractivity contribution in [1.29, 1.82) is 0 Å². The van der Waals surface area contributed by atoms with Gasteiger partial charge in [0.1, 0.15) is 5.75 Å². The summed E-state index contributed by atoms with van der Waals surface area (Å²) >= 11 is 0. The van der Waals surface area contributed by atoms with Gasteiger partial charge in [0.2, 0.25) is 10.0 Å². The Kier molecular flexibility index (Phi) is 6.50. The molecule has 2 aromatic carbocycles. The van der Waals surface area contributed by atoms with Crippen LogP contribution in [0.4, 0.5) is 0 Å². The van der Waals surface area contributed by atoms with Gasteiger partial charge in [-0.1, -0.05) is 6.07 Å². The first kappa shape index (κ1) is 20.1. The fraction of sp³-hybridized carbons (Fsp3) is 0.368. The average molecular weight is 379 g/mol. The van der Waals surface area contributed by atoms with Crippen LogP contribution in [0.25, 0.3) is 0 Å². The summed E-state index contributed by atoms with van der Waals surface area (Å²) in [6, 6.07) is 8.56. The quantitative estimate of drug-likeness (QED) is 0.762. The summed E-state index contributed by atoms with van der Waals surface area (Å²) < 4.78 is 44.1. The summed E-state index contributed by atoms with van der Waals surface area (Å²) in [5, 5.41) is 0. The first-order chi connectivity index (χ1) is 12.3. The van der Waals surface area contributed by atoms with Crippen molar-refractivity contribution < 1.29 is 22.6 Å². The number of hydrogen-bond acceptors (Lipinski definition) is 5. The van der Waals surface area contributed by atoms with Gasteiger partial charge >= 0.3 is 0 Å². The van der Waals surface area contributed by atoms with Crippen molar-refractivity contribution in [2.75, 3.05) is 20.8 Å². The van der Waals surface area contributed by atoms with Crippen molar-refractivity contribution >= 4 is 10.0 Å². The standard InChI is InChI=1S/C19H25NO5S/c1-6-25-18-11-15(7-8-17(18)24-5)12-20-26(21,22)19-10-9-16(23-4)13(2)14(19)3/h7-11,20H,6,12H2,1-5H3. The molecule has 0 amide bonds. The summed E-state index contributed by atoms with van der Waals surface area (Å²) in [4.78, 5) is 0.245. The van der Waals surface area contributed by atoms with E-state index >= 15 is 0 Å². The van der Waals surface area contributed by atoms with Gasteiger partial charge in [0.25, 0.3) is 0 Å². The van der Waals surface area contributed by atoms with Gasteiger partial charge < -0.3 is 14.2 Å². The van der Waals surface area contributed by atoms with Crippen molar-refractivity contribution in [1.82, 2.24) is 4.72 Å². The molecule has 0 fully saturated rings. The molecule has 0 unspecified atom stereocenters. The number of sulfonamides is 1. The second-order valence-corrected chi connectivity index (χ2v) is 7.49. The Labute approximate surface area is 155 Å². The Morgan fingerprint density at radius 2 is 1.58 bits per heavy atom. The van der Waals surface area contributed by atoms with Crippen LogP contribution < -0.4 is 18.9 Å². The van der Waals surface area contributed by atoms with Crippen LogP contribution in [0.15, 0.2) is 35.2 Å². The topological polar surface area (TPSA) is 73.9 Å². The van der Waals surface area contributed by atoms with Gasteiger partial charge in [-0.15, -0.1) is 0 Å². The Hall–Kier alpha value is -2.25. The minimum absolute atomic E-state index is 0.150. The lowest BCUT2D eigenvalue weighted by molar-refractivity contribution is 0.310. The molecule has 0 bridgehead atoms. The zero-order valence-electron chi connectivity index (χ0n) is 15.8. The average Bonchev–Trinajstić information content (AvgIpc) is 2.62. The summed E-state index contributed by atoms with van der Waals surface area (Å²) in [5.74, 6) is 1.86. The molecule has 142 valence electrons. The summed E-state index contributed by atoms with van der Waals surface area (Å²) in [7, 11) is -0.527. The van der Waals surface area contributed by atoms with E-state index < -0.39 is 10.0 Å². The third-order valence-electron chi connectivity index (χ3n) is 4.19. The molecular formula is C19H25NO5S. The van der Waals surface area contributed by atoms with E-state index in [-0.39, 0.29) is 11.4 Å². The maximum absolute atomic E-state index is 12.7. The maximum atomic E-state index is 12.7. The van der Waals surface area contributed by atoms with Gasteiger partial charge in [0.05, 0.1) is 25.7 Å². The summed E-state index contributed by atoms with van der Waals surface area (Å²) in [6.45, 7) is 6.13. The minimum Gasteiger partial charge on any atom is -0.496 e. The number of benzene rings is 2. The van der Waals surface area contributed by atoms with Crippen molar-refractivity contribution in [2.24, 2.45) is 0 Å². The van der Waals surface area contributed by atoms with E-state index in [1.165, 1.54) is 0 Å². The van der Waals surface area contributed by atoms with Crippen LogP contribution in [-0.4, -0.2) is 29.2 Å². The van der Waals surface area contributed by atoms with Gasteiger partial charge in [-0.3, -0.25) is 0 Å². The zero-order valence-corrected chi connectivity index (χ0v) is 16.6. The van der Waals surface area contributed by atoms with Crippen LogP contribution in [0.3, 0.4) is 0 Å². The van der Waals surface area contributed by atoms with Gasteiger partial charge in [-0.2, -0.15) is 0 Å². The number of methoxy groups -OCH3 is 2. The Balaban J connectivity index is 2.23. The van der Waals surface area contributed by atoms with Crippen LogP contribution in [0, 0.1) is 13.8 Å². The molecule has 26 heavy (non-hydrogen) atoms. The molecule has 0 saturated carbocycles. The number of nitrogens with one attached hydrogen (secondary N) is 1. The lowest BCUT2D eigenvalue weighted by Gasteiger charge is -2.14. The Morgan fingerprint density at radius 1 is 0.923 bits per heavy atom. The number of hydrogen-bond donors (Lipinski definition) is 1. The molecule has 0 heterocycles. The molecule has 2 rings (SSSR count). The molecule has 0 aromatic heterocycles. The van der Waals surface area contributed by atoms with Crippen molar-refractivity contribution in [3.8, 4) is 17.2 Å². The van der Waals surface area contributed by atoms with Crippen LogP contribution in [0.5, 0.6) is 17.2 Å². The molecular weight excluding hydrogens is 354 g/mol. The van der Waals surface area contributed by atoms with Crippen LogP contribution in [0.1, 0.15) is 23.6 Å². The predicted octanol–water partition coefficient (Wildman–Crippen LogP) is 3.20. The molecule has 0 aliphatic carbocycles. The monoisotopic (exact) mass is 379 g/mol. The second kappa shape index (κ2) is 8.42. The van der Waals surface area contributed by atoms with Gasteiger partial charge in [-0.05, 0) is 61.7 Å². The molecule has 0 atom stereocenters. The van der Waals surface area contributed by atoms with E-state index in [2.05, 4.69) is 4.72 Å². The van der Waals surface area contributed by atoms with E-state index in [4.69, 9.17) is 14.2 Å². The molecule has 2 aromatic rings. The molecule has 1 N–H and O–H groups in total. The highest BCUT2D eigenvalue weighted by Gasteiger charge is 2.19. The molecule has 0 spiro atoms. The predicted molar refractivity (Wildman–Crippen MR) is 101 cm³/mol. The first-order valence-electron chi connectivity index (χ1n) is 8.27. The third-order valence-corrected chi connectivity index (χ3v) is 5.74. The SMILES string of the molecule is CCOc1cc(CNS(=O)(=O)c2ccc(OC)c(C)c2C)ccc1OC. The Bertz CT molecular complexity index is 878. The molecule has 0 aliphatic heterocycles. The highest BCUT2D eigenvalue weighted by atomic mass is 32.2. The van der Waals surface area contributed by atoms with Crippen molar-refractivity contribution in [3.63, 3.8) is 0 Å². The minimum atomic E-state index is -3.66. The molecule has 6 nitrogen and oxygen atoms in total. The van der Waals surface area contributed by atoms with E-state index in [0.29, 0.717) is 29.4 Å². The smallest absolute Gasteiger partial charge is 0.241 e. The van der Waals surface area contributed by atoms with Gasteiger partial charge in [-0.25, -0.2) is 13.1 Å². The molecule has 0 saturated heterocycles. The van der Waals surface area contributed by atoms with Gasteiger partial charge in [0, 0.05) is 6.54 Å². The van der Waals surface area contributed by atoms with Gasteiger partial charge in [0.15, 0.2) is 11.5 Å². The lowest BCUT2D eigenvalue weighted by Crippen LogP contribution is -2.24.